The number of hydrogen-bond acceptors (Lipinski definition) is 3. The standard InChI is InChI=1S/C16H24FNOS/c1-12(11-18(3)13(2)9-10-20-4)16(19)14-7-5-6-8-15(14)17/h5-8,12-13H,9-11H2,1-4H3. The molecule has 0 saturated heterocycles. The van der Waals surface area contributed by atoms with Gasteiger partial charge in [0.25, 0.3) is 0 Å². The number of carbonyl (C=O) groups is 1. The van der Waals surface area contributed by atoms with Crippen molar-refractivity contribution in [2.24, 2.45) is 5.92 Å². The molecular weight excluding hydrogens is 273 g/mol. The summed E-state index contributed by atoms with van der Waals surface area (Å²) in [6.45, 7) is 4.69. The minimum Gasteiger partial charge on any atom is -0.303 e. The minimum atomic E-state index is -0.428. The third-order valence-electron chi connectivity index (χ3n) is 3.64. The third kappa shape index (κ3) is 4.91. The lowest BCUT2D eigenvalue weighted by molar-refractivity contribution is 0.0885. The fourth-order valence-corrected chi connectivity index (χ4v) is 2.71. The second kappa shape index (κ2) is 8.42. The number of Topliss-reactive ketones (excluding diaryl/α,β-unsaturated/α-hetero) is 1. The largest absolute Gasteiger partial charge is 0.303 e. The molecule has 20 heavy (non-hydrogen) atoms. The van der Waals surface area contributed by atoms with Crippen LogP contribution in [0.3, 0.4) is 0 Å². The smallest absolute Gasteiger partial charge is 0.169 e. The van der Waals surface area contributed by atoms with Crippen LogP contribution in [0, 0.1) is 11.7 Å². The summed E-state index contributed by atoms with van der Waals surface area (Å²) in [7, 11) is 2.02. The van der Waals surface area contributed by atoms with Gasteiger partial charge in [-0.25, -0.2) is 4.39 Å². The number of rotatable bonds is 8. The first-order valence-corrected chi connectivity index (χ1v) is 8.34. The molecule has 1 aromatic rings. The summed E-state index contributed by atoms with van der Waals surface area (Å²) < 4.78 is 13.6. The summed E-state index contributed by atoms with van der Waals surface area (Å²) >= 11 is 1.83. The van der Waals surface area contributed by atoms with E-state index in [4.69, 9.17) is 0 Å². The minimum absolute atomic E-state index is 0.119. The molecule has 1 rings (SSSR count). The Kier molecular flexibility index (Phi) is 7.24. The van der Waals surface area contributed by atoms with Gasteiger partial charge in [0.15, 0.2) is 5.78 Å². The Morgan fingerprint density at radius 2 is 2.00 bits per heavy atom. The van der Waals surface area contributed by atoms with E-state index in [-0.39, 0.29) is 17.3 Å². The van der Waals surface area contributed by atoms with E-state index in [2.05, 4.69) is 18.1 Å². The predicted octanol–water partition coefficient (Wildman–Crippen LogP) is 3.72. The second-order valence-corrected chi connectivity index (χ2v) is 6.30. The van der Waals surface area contributed by atoms with Gasteiger partial charge in [-0.1, -0.05) is 19.1 Å². The van der Waals surface area contributed by atoms with Crippen molar-refractivity contribution in [2.45, 2.75) is 26.3 Å². The molecular formula is C16H24FNOS. The molecule has 0 amide bonds. The maximum atomic E-state index is 13.6. The molecule has 0 aromatic heterocycles. The monoisotopic (exact) mass is 297 g/mol. The van der Waals surface area contributed by atoms with E-state index in [9.17, 15) is 9.18 Å². The molecule has 0 bridgehead atoms. The Balaban J connectivity index is 2.60. The van der Waals surface area contributed by atoms with Crippen LogP contribution in [0.15, 0.2) is 24.3 Å². The lowest BCUT2D eigenvalue weighted by Crippen LogP contribution is -2.35. The molecule has 1 aromatic carbocycles. The van der Waals surface area contributed by atoms with Crippen LogP contribution in [0.5, 0.6) is 0 Å². The van der Waals surface area contributed by atoms with Gasteiger partial charge in [0.1, 0.15) is 5.82 Å². The summed E-state index contributed by atoms with van der Waals surface area (Å²) in [5.41, 5.74) is 0.199. The molecule has 0 N–H and O–H groups in total. The van der Waals surface area contributed by atoms with Crippen LogP contribution in [0.25, 0.3) is 0 Å². The zero-order chi connectivity index (χ0) is 15.1. The molecule has 0 radical (unpaired) electrons. The summed E-state index contributed by atoms with van der Waals surface area (Å²) in [6, 6.07) is 6.63. The van der Waals surface area contributed by atoms with Crippen LogP contribution < -0.4 is 0 Å². The van der Waals surface area contributed by atoms with Crippen molar-refractivity contribution < 1.29 is 9.18 Å². The average molecular weight is 297 g/mol. The van der Waals surface area contributed by atoms with Gasteiger partial charge in [0.2, 0.25) is 0 Å². The lowest BCUT2D eigenvalue weighted by Gasteiger charge is -2.27. The zero-order valence-corrected chi connectivity index (χ0v) is 13.5. The quantitative estimate of drug-likeness (QED) is 0.682. The fraction of sp³-hybridized carbons (Fsp3) is 0.562. The van der Waals surface area contributed by atoms with E-state index in [1.54, 1.807) is 18.2 Å². The molecule has 2 atom stereocenters. The van der Waals surface area contributed by atoms with Crippen molar-refractivity contribution in [3.8, 4) is 0 Å². The highest BCUT2D eigenvalue weighted by atomic mass is 32.2. The van der Waals surface area contributed by atoms with E-state index in [1.165, 1.54) is 6.07 Å². The Labute approximate surface area is 125 Å². The average Bonchev–Trinajstić information content (AvgIpc) is 2.44. The summed E-state index contributed by atoms with van der Waals surface area (Å²) in [5, 5.41) is 0. The molecule has 0 spiro atoms. The van der Waals surface area contributed by atoms with Gasteiger partial charge in [-0.2, -0.15) is 11.8 Å². The SMILES string of the molecule is CSCCC(C)N(C)CC(C)C(=O)c1ccccc1F. The van der Waals surface area contributed by atoms with Crippen LogP contribution in [0.2, 0.25) is 0 Å². The van der Waals surface area contributed by atoms with Crippen molar-refractivity contribution in [1.82, 2.24) is 4.90 Å². The van der Waals surface area contributed by atoms with Crippen molar-refractivity contribution >= 4 is 17.5 Å². The van der Waals surface area contributed by atoms with Crippen LogP contribution in [-0.2, 0) is 0 Å². The molecule has 0 aliphatic carbocycles. The molecule has 4 heteroatoms. The van der Waals surface area contributed by atoms with Crippen LogP contribution in [0.4, 0.5) is 4.39 Å². The highest BCUT2D eigenvalue weighted by molar-refractivity contribution is 7.98. The van der Waals surface area contributed by atoms with E-state index >= 15 is 0 Å². The van der Waals surface area contributed by atoms with Crippen molar-refractivity contribution in [3.63, 3.8) is 0 Å². The number of halogens is 1. The number of ketones is 1. The predicted molar refractivity (Wildman–Crippen MR) is 85.0 cm³/mol. The Morgan fingerprint density at radius 1 is 1.35 bits per heavy atom. The molecule has 112 valence electrons. The van der Waals surface area contributed by atoms with E-state index < -0.39 is 5.82 Å². The third-order valence-corrected chi connectivity index (χ3v) is 4.28. The summed E-state index contributed by atoms with van der Waals surface area (Å²) in [6.07, 6.45) is 3.19. The van der Waals surface area contributed by atoms with Crippen LogP contribution in [0.1, 0.15) is 30.6 Å². The van der Waals surface area contributed by atoms with Crippen LogP contribution in [-0.4, -0.2) is 42.3 Å². The van der Waals surface area contributed by atoms with E-state index in [0.29, 0.717) is 12.6 Å². The molecule has 2 unspecified atom stereocenters. The van der Waals surface area contributed by atoms with Crippen LogP contribution >= 0.6 is 11.8 Å². The topological polar surface area (TPSA) is 20.3 Å². The molecule has 2 nitrogen and oxygen atoms in total. The maximum Gasteiger partial charge on any atom is 0.169 e. The Hall–Kier alpha value is -0.870. The second-order valence-electron chi connectivity index (χ2n) is 5.32. The highest BCUT2D eigenvalue weighted by Gasteiger charge is 2.21. The summed E-state index contributed by atoms with van der Waals surface area (Å²) in [5.74, 6) is 0.365. The number of benzene rings is 1. The van der Waals surface area contributed by atoms with Gasteiger partial charge in [-0.3, -0.25) is 4.79 Å². The van der Waals surface area contributed by atoms with E-state index in [0.717, 1.165) is 12.2 Å². The number of hydrogen-bond donors (Lipinski definition) is 0. The van der Waals surface area contributed by atoms with Gasteiger partial charge < -0.3 is 4.90 Å². The number of carbonyl (C=O) groups excluding carboxylic acids is 1. The Morgan fingerprint density at radius 3 is 2.60 bits per heavy atom. The highest BCUT2D eigenvalue weighted by Crippen LogP contribution is 2.15. The van der Waals surface area contributed by atoms with Crippen molar-refractivity contribution in [1.29, 1.82) is 0 Å². The molecule has 0 fully saturated rings. The first-order valence-electron chi connectivity index (χ1n) is 6.95. The van der Waals surface area contributed by atoms with Gasteiger partial charge in [0.05, 0.1) is 5.56 Å². The van der Waals surface area contributed by atoms with Crippen molar-refractivity contribution in [3.05, 3.63) is 35.6 Å². The maximum absolute atomic E-state index is 13.6. The summed E-state index contributed by atoms with van der Waals surface area (Å²) in [4.78, 5) is 14.4. The normalized spacial score (nSPS) is 14.3. The first-order chi connectivity index (χ1) is 9.47. The molecule has 0 aliphatic heterocycles. The Bertz CT molecular complexity index is 438. The molecule has 0 saturated carbocycles. The number of nitrogens with zero attached hydrogens (tertiary/aromatic N) is 1. The van der Waals surface area contributed by atoms with Gasteiger partial charge in [-0.15, -0.1) is 0 Å². The van der Waals surface area contributed by atoms with Gasteiger partial charge >= 0.3 is 0 Å². The van der Waals surface area contributed by atoms with Gasteiger partial charge in [0, 0.05) is 18.5 Å². The fourth-order valence-electron chi connectivity index (χ4n) is 2.13. The molecule has 0 aliphatic rings. The zero-order valence-electron chi connectivity index (χ0n) is 12.7. The number of thioether (sulfide) groups is 1. The first kappa shape index (κ1) is 17.2. The molecule has 0 heterocycles. The van der Waals surface area contributed by atoms with E-state index in [1.807, 2.05) is 25.7 Å². The lowest BCUT2D eigenvalue weighted by atomic mass is 9.98. The van der Waals surface area contributed by atoms with Crippen molar-refractivity contribution in [2.75, 3.05) is 25.6 Å². The van der Waals surface area contributed by atoms with Gasteiger partial charge in [-0.05, 0) is 44.5 Å².